The minimum absolute atomic E-state index is 0.148. The first-order chi connectivity index (χ1) is 9.30. The number of carbonyl (C=O) groups is 1. The van der Waals surface area contributed by atoms with E-state index in [9.17, 15) is 4.79 Å². The van der Waals surface area contributed by atoms with Gasteiger partial charge in [-0.15, -0.1) is 0 Å². The predicted molar refractivity (Wildman–Crippen MR) is 80.9 cm³/mol. The number of hydrogen-bond donors (Lipinski definition) is 2. The minimum atomic E-state index is -0.462. The second-order valence-electron chi connectivity index (χ2n) is 6.58. The van der Waals surface area contributed by atoms with Gasteiger partial charge >= 0.3 is 6.09 Å². The van der Waals surface area contributed by atoms with E-state index in [0.717, 1.165) is 32.5 Å². The van der Waals surface area contributed by atoms with Gasteiger partial charge in [0.25, 0.3) is 0 Å². The van der Waals surface area contributed by atoms with Gasteiger partial charge in [-0.25, -0.2) is 10.6 Å². The number of carbonyl (C=O) groups excluding carboxylic acids is 1. The number of nitrogens with one attached hydrogen (secondary N) is 1. The number of piperidine rings is 1. The number of thiocarbonyl (C=S) groups is 1. The van der Waals surface area contributed by atoms with Crippen molar-refractivity contribution in [3.63, 3.8) is 0 Å². The Balaban J connectivity index is 2.07. The van der Waals surface area contributed by atoms with Gasteiger partial charge in [-0.1, -0.05) is 0 Å². The largest absolute Gasteiger partial charge is 0.444 e. The molecule has 3 heterocycles. The van der Waals surface area contributed by atoms with Crippen molar-refractivity contribution in [2.45, 2.75) is 45.3 Å². The second-order valence-corrected chi connectivity index (χ2v) is 6.97. The van der Waals surface area contributed by atoms with Crippen molar-refractivity contribution in [3.8, 4) is 0 Å². The van der Waals surface area contributed by atoms with Gasteiger partial charge in [0.1, 0.15) is 5.60 Å². The van der Waals surface area contributed by atoms with Crippen LogP contribution in [0.3, 0.4) is 0 Å². The standard InChI is InChI=1S/C13H24N4O2S/c1-13(2,3)19-12(18)17-7-9-4-5-10(17)8-16(6-9)11(20)15-14/h9-10H,4-8,14H2,1-3H3,(H,15,20). The summed E-state index contributed by atoms with van der Waals surface area (Å²) in [7, 11) is 0. The SMILES string of the molecule is CC(C)(C)OC(=O)N1CC2CCC1CN(C(=S)NN)C2. The lowest BCUT2D eigenvalue weighted by Gasteiger charge is -2.37. The van der Waals surface area contributed by atoms with Crippen LogP contribution in [-0.2, 0) is 4.74 Å². The summed E-state index contributed by atoms with van der Waals surface area (Å²) in [6, 6.07) is 0.148. The fraction of sp³-hybridized carbons (Fsp3) is 0.846. The molecule has 0 aromatic rings. The smallest absolute Gasteiger partial charge is 0.410 e. The van der Waals surface area contributed by atoms with Gasteiger partial charge in [-0.2, -0.15) is 0 Å². The molecule has 2 bridgehead atoms. The van der Waals surface area contributed by atoms with Crippen LogP contribution in [0.15, 0.2) is 0 Å². The number of ether oxygens (including phenoxy) is 1. The highest BCUT2D eigenvalue weighted by molar-refractivity contribution is 7.80. The molecule has 6 nitrogen and oxygen atoms in total. The number of hydrogen-bond acceptors (Lipinski definition) is 4. The summed E-state index contributed by atoms with van der Waals surface area (Å²) in [5.74, 6) is 5.83. The van der Waals surface area contributed by atoms with Crippen molar-refractivity contribution in [2.24, 2.45) is 11.8 Å². The second kappa shape index (κ2) is 5.73. The highest BCUT2D eigenvalue weighted by Crippen LogP contribution is 2.29. The maximum atomic E-state index is 12.3. The summed E-state index contributed by atoms with van der Waals surface area (Å²) in [4.78, 5) is 16.2. The van der Waals surface area contributed by atoms with Gasteiger partial charge in [0.15, 0.2) is 5.11 Å². The molecule has 3 rings (SSSR count). The Labute approximate surface area is 125 Å². The Morgan fingerprint density at radius 3 is 2.60 bits per heavy atom. The fourth-order valence-electron chi connectivity index (χ4n) is 2.88. The van der Waals surface area contributed by atoms with Crippen molar-refractivity contribution >= 4 is 23.4 Å². The average Bonchev–Trinajstić information content (AvgIpc) is 2.67. The first-order valence-corrected chi connectivity index (χ1v) is 7.46. The third kappa shape index (κ3) is 3.52. The number of amides is 1. The summed E-state index contributed by atoms with van der Waals surface area (Å²) in [5.41, 5.74) is 2.07. The lowest BCUT2D eigenvalue weighted by Crippen LogP contribution is -2.50. The molecule has 0 aliphatic carbocycles. The molecular formula is C13H24N4O2S. The van der Waals surface area contributed by atoms with Crippen LogP contribution in [0, 0.1) is 5.92 Å². The summed E-state index contributed by atoms with van der Waals surface area (Å²) in [6.45, 7) is 7.98. The number of rotatable bonds is 0. The predicted octanol–water partition coefficient (Wildman–Crippen LogP) is 1.07. The van der Waals surface area contributed by atoms with Crippen molar-refractivity contribution < 1.29 is 9.53 Å². The topological polar surface area (TPSA) is 70.8 Å². The molecule has 2 unspecified atom stereocenters. The number of fused-ring (bicyclic) bond motifs is 4. The quantitative estimate of drug-likeness (QED) is 0.396. The molecule has 3 aliphatic heterocycles. The summed E-state index contributed by atoms with van der Waals surface area (Å²) in [5, 5.41) is 0.549. The van der Waals surface area contributed by atoms with E-state index < -0.39 is 5.60 Å². The molecule has 0 spiro atoms. The first kappa shape index (κ1) is 15.3. The summed E-state index contributed by atoms with van der Waals surface area (Å²) < 4.78 is 5.50. The van der Waals surface area contributed by atoms with Crippen molar-refractivity contribution in [1.82, 2.24) is 15.2 Å². The molecule has 0 radical (unpaired) electrons. The van der Waals surface area contributed by atoms with E-state index in [1.165, 1.54) is 0 Å². The zero-order valence-corrected chi connectivity index (χ0v) is 13.2. The average molecular weight is 300 g/mol. The van der Waals surface area contributed by atoms with Crippen molar-refractivity contribution in [2.75, 3.05) is 19.6 Å². The van der Waals surface area contributed by atoms with Gasteiger partial charge in [-0.05, 0) is 51.7 Å². The van der Waals surface area contributed by atoms with Crippen LogP contribution in [0.25, 0.3) is 0 Å². The molecule has 0 aromatic heterocycles. The first-order valence-electron chi connectivity index (χ1n) is 7.05. The highest BCUT2D eigenvalue weighted by Gasteiger charge is 2.39. The third-order valence-corrected chi connectivity index (χ3v) is 4.13. The van der Waals surface area contributed by atoms with Gasteiger partial charge in [-0.3, -0.25) is 0 Å². The van der Waals surface area contributed by atoms with Crippen LogP contribution < -0.4 is 11.3 Å². The van der Waals surface area contributed by atoms with E-state index >= 15 is 0 Å². The molecule has 0 aromatic carbocycles. The maximum Gasteiger partial charge on any atom is 0.410 e. The van der Waals surface area contributed by atoms with Gasteiger partial charge in [0, 0.05) is 19.6 Å². The molecule has 1 amide bonds. The Morgan fingerprint density at radius 1 is 1.30 bits per heavy atom. The van der Waals surface area contributed by atoms with Crippen molar-refractivity contribution in [1.29, 1.82) is 0 Å². The van der Waals surface area contributed by atoms with E-state index in [1.54, 1.807) is 0 Å². The van der Waals surface area contributed by atoms with Crippen LogP contribution in [0.5, 0.6) is 0 Å². The van der Waals surface area contributed by atoms with Gasteiger partial charge in [0.05, 0.1) is 6.04 Å². The molecular weight excluding hydrogens is 276 g/mol. The maximum absolute atomic E-state index is 12.3. The minimum Gasteiger partial charge on any atom is -0.444 e. The molecule has 7 heteroatoms. The van der Waals surface area contributed by atoms with Crippen LogP contribution in [0.4, 0.5) is 4.79 Å². The third-order valence-electron chi connectivity index (χ3n) is 3.75. The van der Waals surface area contributed by atoms with Crippen LogP contribution >= 0.6 is 12.2 Å². The Morgan fingerprint density at radius 2 is 2.00 bits per heavy atom. The van der Waals surface area contributed by atoms with Crippen LogP contribution in [0.1, 0.15) is 33.6 Å². The van der Waals surface area contributed by atoms with Crippen LogP contribution in [-0.4, -0.2) is 52.3 Å². The summed E-state index contributed by atoms with van der Waals surface area (Å²) in [6.07, 6.45) is 1.89. The summed E-state index contributed by atoms with van der Waals surface area (Å²) >= 11 is 5.22. The molecule has 2 atom stereocenters. The molecule has 114 valence electrons. The Kier molecular flexibility index (Phi) is 4.39. The number of hydrazine groups is 1. The van der Waals surface area contributed by atoms with Crippen LogP contribution in [0.2, 0.25) is 0 Å². The van der Waals surface area contributed by atoms with Gasteiger partial charge in [0.2, 0.25) is 0 Å². The molecule has 0 saturated carbocycles. The molecule has 3 aliphatic rings. The normalized spacial score (nSPS) is 26.2. The molecule has 20 heavy (non-hydrogen) atoms. The van der Waals surface area contributed by atoms with E-state index in [2.05, 4.69) is 10.3 Å². The van der Waals surface area contributed by atoms with E-state index in [-0.39, 0.29) is 12.1 Å². The lowest BCUT2D eigenvalue weighted by atomic mass is 9.95. The van der Waals surface area contributed by atoms with E-state index in [4.69, 9.17) is 22.8 Å². The molecule has 3 fully saturated rings. The highest BCUT2D eigenvalue weighted by atomic mass is 32.1. The zero-order valence-electron chi connectivity index (χ0n) is 12.4. The molecule has 3 N–H and O–H groups in total. The monoisotopic (exact) mass is 300 g/mol. The zero-order chi connectivity index (χ0) is 14.9. The Bertz CT molecular complexity index is 396. The fourth-order valence-corrected chi connectivity index (χ4v) is 3.03. The Hall–Kier alpha value is -1.08. The van der Waals surface area contributed by atoms with E-state index in [1.807, 2.05) is 25.7 Å². The number of nitrogens with two attached hydrogens (primary N) is 1. The van der Waals surface area contributed by atoms with Gasteiger partial charge < -0.3 is 20.0 Å². The lowest BCUT2D eigenvalue weighted by molar-refractivity contribution is 0.00773. The molecule has 3 saturated heterocycles. The van der Waals surface area contributed by atoms with E-state index in [0.29, 0.717) is 11.0 Å². The van der Waals surface area contributed by atoms with Crippen molar-refractivity contribution in [3.05, 3.63) is 0 Å². The number of nitrogens with zero attached hydrogens (tertiary/aromatic N) is 2.